The molecule has 1 aliphatic rings. The Balaban J connectivity index is 1.76. The van der Waals surface area contributed by atoms with Gasteiger partial charge in [-0.2, -0.15) is 0 Å². The number of ether oxygens (including phenoxy) is 1. The minimum atomic E-state index is -0.285. The van der Waals surface area contributed by atoms with Crippen LogP contribution >= 0.6 is 11.8 Å². The lowest BCUT2D eigenvalue weighted by atomic mass is 10.2. The minimum absolute atomic E-state index is 0.0237. The number of halogens is 1. The van der Waals surface area contributed by atoms with E-state index >= 15 is 0 Å². The van der Waals surface area contributed by atoms with Crippen molar-refractivity contribution < 1.29 is 19.0 Å². The molecule has 0 radical (unpaired) electrons. The van der Waals surface area contributed by atoms with Gasteiger partial charge in [-0.25, -0.2) is 4.39 Å². The number of carbonyl (C=O) groups excluding carboxylic acids is 1. The van der Waals surface area contributed by atoms with Crippen molar-refractivity contribution in [2.75, 3.05) is 32.1 Å². The zero-order valence-electron chi connectivity index (χ0n) is 11.1. The maximum Gasteiger partial charge on any atom is 0.223 e. The summed E-state index contributed by atoms with van der Waals surface area (Å²) in [6.07, 6.45) is 0.0730. The van der Waals surface area contributed by atoms with Crippen LogP contribution in [0.25, 0.3) is 0 Å². The Bertz CT molecular complexity index is 458. The first-order valence-corrected chi connectivity index (χ1v) is 7.57. The Kier molecular flexibility index (Phi) is 5.82. The van der Waals surface area contributed by atoms with Crippen LogP contribution < -0.4 is 0 Å². The van der Waals surface area contributed by atoms with Gasteiger partial charge in [0.15, 0.2) is 0 Å². The maximum absolute atomic E-state index is 13.4. The number of hydrogen-bond acceptors (Lipinski definition) is 4. The largest absolute Gasteiger partial charge is 0.394 e. The van der Waals surface area contributed by atoms with Gasteiger partial charge in [0, 0.05) is 30.2 Å². The number of amides is 1. The molecule has 0 spiro atoms. The smallest absolute Gasteiger partial charge is 0.223 e. The molecule has 1 atom stereocenters. The maximum atomic E-state index is 13.4. The van der Waals surface area contributed by atoms with Crippen molar-refractivity contribution in [1.82, 2.24) is 4.90 Å². The van der Waals surface area contributed by atoms with Gasteiger partial charge in [0.25, 0.3) is 0 Å². The summed E-state index contributed by atoms with van der Waals surface area (Å²) in [5, 5.41) is 9.04. The Morgan fingerprint density at radius 1 is 1.50 bits per heavy atom. The molecule has 6 heteroatoms. The van der Waals surface area contributed by atoms with E-state index in [4.69, 9.17) is 9.84 Å². The first-order chi connectivity index (χ1) is 9.70. The summed E-state index contributed by atoms with van der Waals surface area (Å²) < 4.78 is 18.7. The van der Waals surface area contributed by atoms with Crippen molar-refractivity contribution in [3.8, 4) is 0 Å². The second-order valence-electron chi connectivity index (χ2n) is 4.54. The van der Waals surface area contributed by atoms with Crippen LogP contribution in [-0.2, 0) is 9.53 Å². The molecule has 1 aromatic rings. The van der Waals surface area contributed by atoms with E-state index < -0.39 is 0 Å². The van der Waals surface area contributed by atoms with Gasteiger partial charge in [-0.3, -0.25) is 4.79 Å². The fourth-order valence-electron chi connectivity index (χ4n) is 2.02. The van der Waals surface area contributed by atoms with E-state index in [-0.39, 0.29) is 24.4 Å². The molecule has 0 aromatic heterocycles. The molecule has 1 amide bonds. The summed E-state index contributed by atoms with van der Waals surface area (Å²) >= 11 is 1.34. The van der Waals surface area contributed by atoms with Crippen molar-refractivity contribution >= 4 is 17.7 Å². The van der Waals surface area contributed by atoms with E-state index in [0.717, 1.165) is 0 Å². The number of thioether (sulfide) groups is 1. The average molecular weight is 299 g/mol. The quantitative estimate of drug-likeness (QED) is 0.838. The summed E-state index contributed by atoms with van der Waals surface area (Å²) in [5.74, 6) is 0.313. The second-order valence-corrected chi connectivity index (χ2v) is 5.68. The van der Waals surface area contributed by atoms with Gasteiger partial charge in [-0.1, -0.05) is 12.1 Å². The van der Waals surface area contributed by atoms with Crippen LogP contribution in [0, 0.1) is 5.82 Å². The molecule has 0 aliphatic carbocycles. The lowest BCUT2D eigenvalue weighted by Gasteiger charge is -2.32. The van der Waals surface area contributed by atoms with Crippen molar-refractivity contribution in [3.63, 3.8) is 0 Å². The average Bonchev–Trinajstić information content (AvgIpc) is 2.49. The third-order valence-corrected chi connectivity index (χ3v) is 4.16. The zero-order valence-corrected chi connectivity index (χ0v) is 11.9. The number of aliphatic hydroxyl groups excluding tert-OH is 1. The van der Waals surface area contributed by atoms with Crippen molar-refractivity contribution in [2.24, 2.45) is 0 Å². The molecule has 1 fully saturated rings. The van der Waals surface area contributed by atoms with Gasteiger partial charge in [0.05, 0.1) is 19.3 Å². The van der Waals surface area contributed by atoms with Gasteiger partial charge in [-0.15, -0.1) is 11.8 Å². The van der Waals surface area contributed by atoms with Crippen LogP contribution in [-0.4, -0.2) is 54.1 Å². The van der Waals surface area contributed by atoms with Gasteiger partial charge in [-0.05, 0) is 12.1 Å². The Morgan fingerprint density at radius 2 is 2.30 bits per heavy atom. The van der Waals surface area contributed by atoms with E-state index in [1.807, 2.05) is 0 Å². The second kappa shape index (κ2) is 7.61. The van der Waals surface area contributed by atoms with Crippen LogP contribution in [0.2, 0.25) is 0 Å². The monoisotopic (exact) mass is 299 g/mol. The molecule has 1 N–H and O–H groups in total. The lowest BCUT2D eigenvalue weighted by Crippen LogP contribution is -2.47. The summed E-state index contributed by atoms with van der Waals surface area (Å²) in [7, 11) is 0. The van der Waals surface area contributed by atoms with Crippen LogP contribution in [0.15, 0.2) is 29.2 Å². The topological polar surface area (TPSA) is 49.8 Å². The molecular formula is C14H18FNO3S. The summed E-state index contributed by atoms with van der Waals surface area (Å²) in [6.45, 7) is 1.37. The summed E-state index contributed by atoms with van der Waals surface area (Å²) in [6, 6.07) is 6.55. The first-order valence-electron chi connectivity index (χ1n) is 6.58. The predicted octanol–water partition coefficient (Wildman–Crippen LogP) is 1.53. The molecule has 4 nitrogen and oxygen atoms in total. The highest BCUT2D eigenvalue weighted by molar-refractivity contribution is 7.99. The molecule has 110 valence electrons. The molecule has 0 bridgehead atoms. The molecule has 20 heavy (non-hydrogen) atoms. The third kappa shape index (κ3) is 4.19. The van der Waals surface area contributed by atoms with Crippen molar-refractivity contribution in [2.45, 2.75) is 17.4 Å². The molecule has 1 saturated heterocycles. The fourth-order valence-corrected chi connectivity index (χ4v) is 2.90. The van der Waals surface area contributed by atoms with E-state index in [0.29, 0.717) is 36.8 Å². The van der Waals surface area contributed by atoms with Gasteiger partial charge in [0.2, 0.25) is 5.91 Å². The number of benzene rings is 1. The number of hydrogen-bond donors (Lipinski definition) is 1. The van der Waals surface area contributed by atoms with Crippen LogP contribution in [0.3, 0.4) is 0 Å². The molecule has 1 heterocycles. The molecule has 0 saturated carbocycles. The van der Waals surface area contributed by atoms with E-state index in [1.165, 1.54) is 17.8 Å². The summed E-state index contributed by atoms with van der Waals surface area (Å²) in [5.41, 5.74) is 0. The normalized spacial score (nSPS) is 19.1. The Labute approximate surface area is 121 Å². The standard InChI is InChI=1S/C14H18FNO3S/c15-12-3-1-2-4-13(12)20-8-5-14(18)16-6-7-19-11(9-16)10-17/h1-4,11,17H,5-10H2. The number of carbonyl (C=O) groups is 1. The van der Waals surface area contributed by atoms with Crippen molar-refractivity contribution in [3.05, 3.63) is 30.1 Å². The zero-order chi connectivity index (χ0) is 14.4. The minimum Gasteiger partial charge on any atom is -0.394 e. The molecule has 1 unspecified atom stereocenters. The van der Waals surface area contributed by atoms with E-state index in [9.17, 15) is 9.18 Å². The van der Waals surface area contributed by atoms with Crippen LogP contribution in [0.1, 0.15) is 6.42 Å². The number of aliphatic hydroxyl groups is 1. The Hall–Kier alpha value is -1.11. The first kappa shape index (κ1) is 15.3. The molecular weight excluding hydrogens is 281 g/mol. The lowest BCUT2D eigenvalue weighted by molar-refractivity contribution is -0.139. The predicted molar refractivity (Wildman–Crippen MR) is 75.1 cm³/mol. The van der Waals surface area contributed by atoms with Gasteiger partial charge < -0.3 is 14.7 Å². The van der Waals surface area contributed by atoms with Gasteiger partial charge >= 0.3 is 0 Å². The SMILES string of the molecule is O=C(CCSc1ccccc1F)N1CCOC(CO)C1. The van der Waals surface area contributed by atoms with Gasteiger partial charge in [0.1, 0.15) is 5.82 Å². The number of rotatable bonds is 5. The fraction of sp³-hybridized carbons (Fsp3) is 0.500. The highest BCUT2D eigenvalue weighted by Gasteiger charge is 2.23. The summed E-state index contributed by atoms with van der Waals surface area (Å²) in [4.78, 5) is 14.3. The molecule has 1 aliphatic heterocycles. The highest BCUT2D eigenvalue weighted by Crippen LogP contribution is 2.22. The number of nitrogens with zero attached hydrogens (tertiary/aromatic N) is 1. The third-order valence-electron chi connectivity index (χ3n) is 3.11. The number of morpholine rings is 1. The highest BCUT2D eigenvalue weighted by atomic mass is 32.2. The van der Waals surface area contributed by atoms with E-state index in [1.54, 1.807) is 23.1 Å². The van der Waals surface area contributed by atoms with E-state index in [2.05, 4.69) is 0 Å². The molecule has 1 aromatic carbocycles. The van der Waals surface area contributed by atoms with Crippen LogP contribution in [0.4, 0.5) is 4.39 Å². The van der Waals surface area contributed by atoms with Crippen molar-refractivity contribution in [1.29, 1.82) is 0 Å². The van der Waals surface area contributed by atoms with Crippen LogP contribution in [0.5, 0.6) is 0 Å². The Morgan fingerprint density at radius 3 is 3.05 bits per heavy atom. The molecule has 2 rings (SSSR count).